The molecule has 1 aliphatic carbocycles. The van der Waals surface area contributed by atoms with Crippen molar-refractivity contribution in [3.8, 4) is 5.75 Å². The summed E-state index contributed by atoms with van der Waals surface area (Å²) in [7, 11) is 0. The van der Waals surface area contributed by atoms with Crippen LogP contribution in [0.4, 0.5) is 15.8 Å². The monoisotopic (exact) mass is 396 g/mol. The quantitative estimate of drug-likeness (QED) is 0.740. The number of benzene rings is 2. The highest BCUT2D eigenvalue weighted by Gasteiger charge is 2.39. The Morgan fingerprint density at radius 1 is 1.24 bits per heavy atom. The second-order valence-corrected chi connectivity index (χ2v) is 8.83. The minimum absolute atomic E-state index is 0.0768. The van der Waals surface area contributed by atoms with Gasteiger partial charge in [0.05, 0.1) is 18.0 Å². The maximum Gasteiger partial charge on any atom is 0.224 e. The Kier molecular flexibility index (Phi) is 5.24. The SMILES string of the molecule is Cc1cc2c(c(C)c1NC(=O)CC1(C)CC1)OCCCN2Cc1ccc(F)cc1. The molecule has 0 aromatic heterocycles. The molecule has 0 radical (unpaired) electrons. The average molecular weight is 397 g/mol. The Balaban J connectivity index is 1.61. The second-order valence-electron chi connectivity index (χ2n) is 8.83. The van der Waals surface area contributed by atoms with E-state index in [0.717, 1.165) is 59.6 Å². The van der Waals surface area contributed by atoms with Crippen LogP contribution >= 0.6 is 0 Å². The van der Waals surface area contributed by atoms with Crippen molar-refractivity contribution >= 4 is 17.3 Å². The molecule has 0 atom stereocenters. The molecule has 2 aromatic rings. The van der Waals surface area contributed by atoms with Crippen LogP contribution in [0.2, 0.25) is 0 Å². The minimum atomic E-state index is -0.222. The third-order valence-electron chi connectivity index (χ3n) is 6.10. The summed E-state index contributed by atoms with van der Waals surface area (Å²) in [5.41, 5.74) is 5.14. The van der Waals surface area contributed by atoms with Gasteiger partial charge in [0.15, 0.2) is 0 Å². The van der Waals surface area contributed by atoms with E-state index in [0.29, 0.717) is 19.6 Å². The zero-order valence-electron chi connectivity index (χ0n) is 17.5. The molecular weight excluding hydrogens is 367 g/mol. The molecule has 1 amide bonds. The van der Waals surface area contributed by atoms with Crippen molar-refractivity contribution in [2.24, 2.45) is 5.41 Å². The van der Waals surface area contributed by atoms with Gasteiger partial charge < -0.3 is 15.0 Å². The van der Waals surface area contributed by atoms with E-state index >= 15 is 0 Å². The lowest BCUT2D eigenvalue weighted by Gasteiger charge is -2.27. The first kappa shape index (κ1) is 19.7. The third kappa shape index (κ3) is 4.39. The summed E-state index contributed by atoms with van der Waals surface area (Å²) in [6.07, 6.45) is 3.74. The zero-order valence-corrected chi connectivity index (χ0v) is 17.5. The summed E-state index contributed by atoms with van der Waals surface area (Å²) < 4.78 is 19.4. The van der Waals surface area contributed by atoms with Crippen molar-refractivity contribution in [3.05, 3.63) is 52.8 Å². The maximum absolute atomic E-state index is 13.3. The molecule has 1 aliphatic heterocycles. The Labute approximate surface area is 172 Å². The van der Waals surface area contributed by atoms with Crippen LogP contribution in [0.3, 0.4) is 0 Å². The van der Waals surface area contributed by atoms with Gasteiger partial charge in [-0.3, -0.25) is 4.79 Å². The van der Waals surface area contributed by atoms with Gasteiger partial charge in [0.2, 0.25) is 5.91 Å². The Morgan fingerprint density at radius 3 is 2.66 bits per heavy atom. The Morgan fingerprint density at radius 2 is 1.97 bits per heavy atom. The van der Waals surface area contributed by atoms with Crippen LogP contribution in [0.25, 0.3) is 0 Å². The number of nitrogens with zero attached hydrogens (tertiary/aromatic N) is 1. The molecule has 1 heterocycles. The van der Waals surface area contributed by atoms with E-state index in [4.69, 9.17) is 4.74 Å². The number of rotatable bonds is 5. The summed E-state index contributed by atoms with van der Waals surface area (Å²) in [4.78, 5) is 14.8. The molecule has 1 fully saturated rings. The number of hydrogen-bond donors (Lipinski definition) is 1. The topological polar surface area (TPSA) is 41.6 Å². The fourth-order valence-electron chi connectivity index (χ4n) is 4.04. The zero-order chi connectivity index (χ0) is 20.6. The highest BCUT2D eigenvalue weighted by Crippen LogP contribution is 2.48. The molecule has 5 heteroatoms. The van der Waals surface area contributed by atoms with Gasteiger partial charge in [-0.05, 0) is 67.9 Å². The number of ether oxygens (including phenoxy) is 1. The van der Waals surface area contributed by atoms with Crippen LogP contribution in [0.15, 0.2) is 30.3 Å². The van der Waals surface area contributed by atoms with Gasteiger partial charge in [0.25, 0.3) is 0 Å². The van der Waals surface area contributed by atoms with Crippen molar-refractivity contribution in [3.63, 3.8) is 0 Å². The number of anilines is 2. The standard InChI is InChI=1S/C24H29FN2O2/c1-16-13-20-23(17(2)22(16)26-21(28)14-24(3)9-10-24)29-12-4-11-27(20)15-18-5-7-19(25)8-6-18/h5-8,13H,4,9-12,14-15H2,1-3H3,(H,26,28). The third-order valence-corrected chi connectivity index (χ3v) is 6.10. The molecule has 1 N–H and O–H groups in total. The van der Waals surface area contributed by atoms with E-state index in [1.165, 1.54) is 12.1 Å². The van der Waals surface area contributed by atoms with Gasteiger partial charge in [-0.1, -0.05) is 19.1 Å². The van der Waals surface area contributed by atoms with Gasteiger partial charge in [-0.2, -0.15) is 0 Å². The predicted molar refractivity (Wildman–Crippen MR) is 114 cm³/mol. The molecule has 0 spiro atoms. The number of amides is 1. The number of hydrogen-bond acceptors (Lipinski definition) is 3. The summed E-state index contributed by atoms with van der Waals surface area (Å²) >= 11 is 0. The normalized spacial score (nSPS) is 17.2. The molecular formula is C24H29FN2O2. The molecule has 4 nitrogen and oxygen atoms in total. The molecule has 0 saturated heterocycles. The number of aryl methyl sites for hydroxylation is 1. The van der Waals surface area contributed by atoms with E-state index in [9.17, 15) is 9.18 Å². The molecule has 29 heavy (non-hydrogen) atoms. The van der Waals surface area contributed by atoms with Crippen LogP contribution in [0.5, 0.6) is 5.75 Å². The Bertz CT molecular complexity index is 919. The van der Waals surface area contributed by atoms with Gasteiger partial charge in [0, 0.05) is 25.1 Å². The second kappa shape index (κ2) is 7.69. The van der Waals surface area contributed by atoms with E-state index in [1.54, 1.807) is 0 Å². The first-order chi connectivity index (χ1) is 13.8. The van der Waals surface area contributed by atoms with Crippen LogP contribution in [0, 0.1) is 25.1 Å². The van der Waals surface area contributed by atoms with E-state index < -0.39 is 0 Å². The largest absolute Gasteiger partial charge is 0.491 e. The first-order valence-electron chi connectivity index (χ1n) is 10.4. The highest BCUT2D eigenvalue weighted by atomic mass is 19.1. The molecule has 0 bridgehead atoms. The number of carbonyl (C=O) groups excluding carboxylic acids is 1. The smallest absolute Gasteiger partial charge is 0.224 e. The minimum Gasteiger partial charge on any atom is -0.491 e. The summed E-state index contributed by atoms with van der Waals surface area (Å²) in [5.74, 6) is 0.691. The van der Waals surface area contributed by atoms with E-state index in [2.05, 4.69) is 23.2 Å². The van der Waals surface area contributed by atoms with Crippen molar-refractivity contribution in [1.82, 2.24) is 0 Å². The van der Waals surface area contributed by atoms with Crippen LogP contribution in [-0.4, -0.2) is 19.1 Å². The van der Waals surface area contributed by atoms with E-state index in [-0.39, 0.29) is 17.1 Å². The number of nitrogens with one attached hydrogen (secondary N) is 1. The van der Waals surface area contributed by atoms with Crippen molar-refractivity contribution < 1.29 is 13.9 Å². The number of fused-ring (bicyclic) bond motifs is 1. The Hall–Kier alpha value is -2.56. The molecule has 2 aromatic carbocycles. The molecule has 0 unspecified atom stereocenters. The fraction of sp³-hybridized carbons (Fsp3) is 0.458. The summed E-state index contributed by atoms with van der Waals surface area (Å²) in [6, 6.07) is 8.76. The van der Waals surface area contributed by atoms with E-state index in [1.807, 2.05) is 26.0 Å². The van der Waals surface area contributed by atoms with Crippen LogP contribution in [0.1, 0.15) is 49.3 Å². The summed E-state index contributed by atoms with van der Waals surface area (Å²) in [6.45, 7) is 8.42. The predicted octanol–water partition coefficient (Wildman–Crippen LogP) is 5.36. The van der Waals surface area contributed by atoms with Crippen molar-refractivity contribution in [2.45, 2.75) is 53.0 Å². The lowest BCUT2D eigenvalue weighted by Crippen LogP contribution is -2.24. The molecule has 1 saturated carbocycles. The van der Waals surface area contributed by atoms with Gasteiger partial charge in [-0.15, -0.1) is 0 Å². The van der Waals surface area contributed by atoms with Crippen molar-refractivity contribution in [2.75, 3.05) is 23.4 Å². The van der Waals surface area contributed by atoms with Crippen LogP contribution in [-0.2, 0) is 11.3 Å². The van der Waals surface area contributed by atoms with Gasteiger partial charge >= 0.3 is 0 Å². The fourth-order valence-corrected chi connectivity index (χ4v) is 4.04. The van der Waals surface area contributed by atoms with Crippen LogP contribution < -0.4 is 15.0 Å². The highest BCUT2D eigenvalue weighted by molar-refractivity contribution is 5.94. The lowest BCUT2D eigenvalue weighted by molar-refractivity contribution is -0.117. The number of halogens is 1. The molecule has 154 valence electrons. The average Bonchev–Trinajstić information content (AvgIpc) is 3.43. The van der Waals surface area contributed by atoms with Crippen molar-refractivity contribution in [1.29, 1.82) is 0 Å². The summed E-state index contributed by atoms with van der Waals surface area (Å²) in [5, 5.41) is 3.14. The molecule has 2 aliphatic rings. The molecule has 4 rings (SSSR count). The number of carbonyl (C=O) groups is 1. The van der Waals surface area contributed by atoms with Gasteiger partial charge in [0.1, 0.15) is 11.6 Å². The lowest BCUT2D eigenvalue weighted by atomic mass is 10.0. The van der Waals surface area contributed by atoms with Gasteiger partial charge in [-0.25, -0.2) is 4.39 Å². The maximum atomic E-state index is 13.3. The first-order valence-corrected chi connectivity index (χ1v) is 10.4.